The lowest BCUT2D eigenvalue weighted by atomic mass is 9.88. The average Bonchev–Trinajstić information content (AvgIpc) is 2.85. The third-order valence-corrected chi connectivity index (χ3v) is 4.74. The third-order valence-electron chi connectivity index (χ3n) is 4.10. The summed E-state index contributed by atoms with van der Waals surface area (Å²) in [5, 5.41) is 5.89. The van der Waals surface area contributed by atoms with Gasteiger partial charge < -0.3 is 5.32 Å². The Balaban J connectivity index is 2.04. The van der Waals surface area contributed by atoms with Crippen molar-refractivity contribution in [3.05, 3.63) is 16.6 Å². The summed E-state index contributed by atoms with van der Waals surface area (Å²) in [6.07, 6.45) is 2.40. The van der Waals surface area contributed by atoms with Crippen LogP contribution in [0.4, 0.5) is 0 Å². The van der Waals surface area contributed by atoms with E-state index in [1.54, 1.807) is 11.3 Å². The van der Waals surface area contributed by atoms with Crippen LogP contribution in [-0.2, 0) is 6.54 Å². The summed E-state index contributed by atoms with van der Waals surface area (Å²) in [5.74, 6) is 0. The van der Waals surface area contributed by atoms with E-state index in [4.69, 9.17) is 0 Å². The zero-order chi connectivity index (χ0) is 12.3. The van der Waals surface area contributed by atoms with Crippen LogP contribution in [0.1, 0.15) is 39.3 Å². The standard InChI is InChI=1S/C13H23N3S/c1-4-13(5-2)9-16(11(3)6-15-13)7-12-8-17-10-14-12/h8,10-11,15H,4-7,9H2,1-3H3. The monoisotopic (exact) mass is 253 g/mol. The summed E-state index contributed by atoms with van der Waals surface area (Å²) in [5.41, 5.74) is 3.45. The van der Waals surface area contributed by atoms with Crippen molar-refractivity contribution in [3.8, 4) is 0 Å². The van der Waals surface area contributed by atoms with Crippen LogP contribution in [0.15, 0.2) is 10.9 Å². The normalized spacial score (nSPS) is 25.0. The largest absolute Gasteiger partial charge is 0.308 e. The lowest BCUT2D eigenvalue weighted by Crippen LogP contribution is -2.62. The van der Waals surface area contributed by atoms with Crippen LogP contribution in [-0.4, -0.2) is 34.6 Å². The SMILES string of the molecule is CCC1(CC)CN(Cc2cscn2)C(C)CN1. The molecule has 1 saturated heterocycles. The molecule has 2 heterocycles. The molecule has 1 unspecified atom stereocenters. The maximum Gasteiger partial charge on any atom is 0.0795 e. The number of piperazine rings is 1. The molecule has 2 rings (SSSR count). The van der Waals surface area contributed by atoms with Crippen LogP contribution >= 0.6 is 11.3 Å². The Bertz CT molecular complexity index is 332. The molecule has 3 nitrogen and oxygen atoms in total. The molecular formula is C13H23N3S. The summed E-state index contributed by atoms with van der Waals surface area (Å²) < 4.78 is 0. The average molecular weight is 253 g/mol. The van der Waals surface area contributed by atoms with E-state index in [0.29, 0.717) is 11.6 Å². The highest BCUT2D eigenvalue weighted by molar-refractivity contribution is 7.07. The molecule has 0 bridgehead atoms. The first-order valence-corrected chi connectivity index (χ1v) is 7.49. The molecule has 1 aromatic rings. The fraction of sp³-hybridized carbons (Fsp3) is 0.769. The Morgan fingerprint density at radius 1 is 1.53 bits per heavy atom. The number of rotatable bonds is 4. The molecule has 1 N–H and O–H groups in total. The number of aromatic nitrogens is 1. The van der Waals surface area contributed by atoms with Crippen LogP contribution in [0.25, 0.3) is 0 Å². The number of nitrogens with zero attached hydrogens (tertiary/aromatic N) is 2. The molecule has 1 aromatic heterocycles. The Morgan fingerprint density at radius 3 is 2.88 bits per heavy atom. The van der Waals surface area contributed by atoms with E-state index >= 15 is 0 Å². The molecular weight excluding hydrogens is 230 g/mol. The zero-order valence-corrected chi connectivity index (χ0v) is 11.9. The highest BCUT2D eigenvalue weighted by atomic mass is 32.1. The Morgan fingerprint density at radius 2 is 2.29 bits per heavy atom. The molecule has 0 radical (unpaired) electrons. The van der Waals surface area contributed by atoms with Gasteiger partial charge in [0.15, 0.2) is 0 Å². The molecule has 4 heteroatoms. The second kappa shape index (κ2) is 5.46. The van der Waals surface area contributed by atoms with Crippen LogP contribution in [0.5, 0.6) is 0 Å². The van der Waals surface area contributed by atoms with Crippen molar-refractivity contribution in [2.45, 2.75) is 51.7 Å². The van der Waals surface area contributed by atoms with E-state index in [0.717, 1.165) is 19.6 Å². The second-order valence-corrected chi connectivity index (χ2v) is 5.82. The van der Waals surface area contributed by atoms with Crippen molar-refractivity contribution < 1.29 is 0 Å². The molecule has 1 aliphatic rings. The molecule has 96 valence electrons. The van der Waals surface area contributed by atoms with Gasteiger partial charge in [0.25, 0.3) is 0 Å². The summed E-state index contributed by atoms with van der Waals surface area (Å²) >= 11 is 1.69. The van der Waals surface area contributed by atoms with E-state index in [1.807, 2.05) is 5.51 Å². The second-order valence-electron chi connectivity index (χ2n) is 5.10. The lowest BCUT2D eigenvalue weighted by molar-refractivity contribution is 0.0737. The topological polar surface area (TPSA) is 28.2 Å². The van der Waals surface area contributed by atoms with Crippen molar-refractivity contribution in [2.24, 2.45) is 0 Å². The zero-order valence-electron chi connectivity index (χ0n) is 11.1. The van der Waals surface area contributed by atoms with E-state index in [1.165, 1.54) is 18.5 Å². The van der Waals surface area contributed by atoms with Gasteiger partial charge in [-0.3, -0.25) is 4.90 Å². The summed E-state index contributed by atoms with van der Waals surface area (Å²) in [6.45, 7) is 10.1. The van der Waals surface area contributed by atoms with Gasteiger partial charge in [0.1, 0.15) is 0 Å². The van der Waals surface area contributed by atoms with Crippen molar-refractivity contribution in [1.29, 1.82) is 0 Å². The smallest absolute Gasteiger partial charge is 0.0795 e. The maximum atomic E-state index is 4.40. The van der Waals surface area contributed by atoms with Crippen molar-refractivity contribution in [2.75, 3.05) is 13.1 Å². The Kier molecular flexibility index (Phi) is 4.17. The minimum absolute atomic E-state index is 0.308. The molecule has 1 atom stereocenters. The van der Waals surface area contributed by atoms with Crippen LogP contribution in [0.3, 0.4) is 0 Å². The minimum Gasteiger partial charge on any atom is -0.308 e. The highest BCUT2D eigenvalue weighted by Crippen LogP contribution is 2.23. The molecule has 0 saturated carbocycles. The number of hydrogen-bond donors (Lipinski definition) is 1. The van der Waals surface area contributed by atoms with Crippen LogP contribution < -0.4 is 5.32 Å². The predicted octanol–water partition coefficient (Wildman–Crippen LogP) is 2.50. The molecule has 0 aromatic carbocycles. The molecule has 0 spiro atoms. The number of hydrogen-bond acceptors (Lipinski definition) is 4. The summed E-state index contributed by atoms with van der Waals surface area (Å²) in [4.78, 5) is 6.97. The summed E-state index contributed by atoms with van der Waals surface area (Å²) in [6, 6.07) is 0.600. The molecule has 0 amide bonds. The first-order valence-electron chi connectivity index (χ1n) is 6.55. The van der Waals surface area contributed by atoms with Crippen molar-refractivity contribution in [3.63, 3.8) is 0 Å². The number of nitrogens with one attached hydrogen (secondary N) is 1. The first kappa shape index (κ1) is 13.0. The molecule has 0 aliphatic carbocycles. The lowest BCUT2D eigenvalue weighted by Gasteiger charge is -2.46. The Hall–Kier alpha value is -0.450. The van der Waals surface area contributed by atoms with Gasteiger partial charge in [-0.05, 0) is 19.8 Å². The minimum atomic E-state index is 0.308. The van der Waals surface area contributed by atoms with E-state index in [9.17, 15) is 0 Å². The van der Waals surface area contributed by atoms with Crippen LogP contribution in [0.2, 0.25) is 0 Å². The predicted molar refractivity (Wildman–Crippen MR) is 73.3 cm³/mol. The van der Waals surface area contributed by atoms with Crippen LogP contribution in [0, 0.1) is 0 Å². The van der Waals surface area contributed by atoms with Gasteiger partial charge in [0.05, 0.1) is 11.2 Å². The fourth-order valence-electron chi connectivity index (χ4n) is 2.55. The quantitative estimate of drug-likeness (QED) is 0.893. The van der Waals surface area contributed by atoms with Crippen molar-refractivity contribution in [1.82, 2.24) is 15.2 Å². The maximum absolute atomic E-state index is 4.40. The molecule has 1 fully saturated rings. The van der Waals surface area contributed by atoms with E-state index in [2.05, 4.69) is 41.4 Å². The van der Waals surface area contributed by atoms with Gasteiger partial charge in [-0.1, -0.05) is 13.8 Å². The van der Waals surface area contributed by atoms with Gasteiger partial charge in [-0.15, -0.1) is 11.3 Å². The van der Waals surface area contributed by atoms with E-state index in [-0.39, 0.29) is 0 Å². The first-order chi connectivity index (χ1) is 8.19. The highest BCUT2D eigenvalue weighted by Gasteiger charge is 2.34. The fourth-order valence-corrected chi connectivity index (χ4v) is 3.10. The van der Waals surface area contributed by atoms with Gasteiger partial charge >= 0.3 is 0 Å². The number of thiazole rings is 1. The van der Waals surface area contributed by atoms with Gasteiger partial charge in [0, 0.05) is 36.6 Å². The third kappa shape index (κ3) is 2.87. The van der Waals surface area contributed by atoms with E-state index < -0.39 is 0 Å². The van der Waals surface area contributed by atoms with Gasteiger partial charge in [0.2, 0.25) is 0 Å². The summed E-state index contributed by atoms with van der Waals surface area (Å²) in [7, 11) is 0. The van der Waals surface area contributed by atoms with Crippen molar-refractivity contribution >= 4 is 11.3 Å². The Labute approximate surface area is 108 Å². The molecule has 1 aliphatic heterocycles. The molecule has 17 heavy (non-hydrogen) atoms. The van der Waals surface area contributed by atoms with Gasteiger partial charge in [-0.25, -0.2) is 4.98 Å². The van der Waals surface area contributed by atoms with Gasteiger partial charge in [-0.2, -0.15) is 0 Å².